The van der Waals surface area contributed by atoms with Crippen molar-refractivity contribution in [3.8, 4) is 6.07 Å². The fourth-order valence-electron chi connectivity index (χ4n) is 0.346. The van der Waals surface area contributed by atoms with Crippen molar-refractivity contribution in [1.82, 2.24) is 0 Å². The van der Waals surface area contributed by atoms with Crippen LogP contribution in [0.25, 0.3) is 0 Å². The Hall–Kier alpha value is -0.880. The second-order valence-electron chi connectivity index (χ2n) is 1.44. The van der Waals surface area contributed by atoms with Crippen LogP contribution in [0.15, 0.2) is 35.1 Å². The molecule has 52 valence electrons. The summed E-state index contributed by atoms with van der Waals surface area (Å²) in [5.41, 5.74) is -0.116. The van der Waals surface area contributed by atoms with Crippen LogP contribution in [0.4, 0.5) is 4.39 Å². The third-order valence-electron chi connectivity index (χ3n) is 0.801. The first-order chi connectivity index (χ1) is 4.63. The van der Waals surface area contributed by atoms with Gasteiger partial charge in [0.1, 0.15) is 17.5 Å². The van der Waals surface area contributed by atoms with Crippen LogP contribution in [0, 0.1) is 11.3 Å². The molecule has 0 heterocycles. The quantitative estimate of drug-likeness (QED) is 0.498. The van der Waals surface area contributed by atoms with Crippen molar-refractivity contribution in [2.45, 2.75) is 0 Å². The molecule has 0 aromatic heterocycles. The first-order valence-corrected chi connectivity index (χ1v) is 3.20. The van der Waals surface area contributed by atoms with E-state index in [1.807, 2.05) is 0 Å². The zero-order valence-corrected chi connectivity index (χ0v) is 6.78. The number of nitrogens with zero attached hydrogens (tertiary/aromatic N) is 1. The number of halogens is 2. The maximum absolute atomic E-state index is 12.5. The highest BCUT2D eigenvalue weighted by molar-refractivity contribution is 9.11. The minimum atomic E-state index is -0.663. The number of allylic oxidation sites excluding steroid dienone is 4. The molecule has 10 heavy (non-hydrogen) atoms. The highest BCUT2D eigenvalue weighted by atomic mass is 79.9. The van der Waals surface area contributed by atoms with E-state index in [1.54, 1.807) is 6.07 Å². The number of rotatable bonds is 2. The molecule has 0 amide bonds. The Kier molecular flexibility index (Phi) is 3.67. The third-order valence-corrected chi connectivity index (χ3v) is 1.20. The largest absolute Gasteiger partial charge is 0.206 e. The van der Waals surface area contributed by atoms with Gasteiger partial charge in [0.05, 0.1) is 0 Å². The lowest BCUT2D eigenvalue weighted by Crippen LogP contribution is -1.79. The zero-order chi connectivity index (χ0) is 8.15. The first kappa shape index (κ1) is 9.12. The molecular formula is C7H5BrFN. The van der Waals surface area contributed by atoms with Crippen LogP contribution in [0.3, 0.4) is 0 Å². The molecule has 0 saturated heterocycles. The minimum absolute atomic E-state index is 0.116. The van der Waals surface area contributed by atoms with E-state index in [0.717, 1.165) is 6.08 Å². The lowest BCUT2D eigenvalue weighted by Gasteiger charge is -1.91. The Labute approximate surface area is 67.3 Å². The molecule has 0 radical (unpaired) electrons. The summed E-state index contributed by atoms with van der Waals surface area (Å²) in [6, 6.07) is 1.64. The van der Waals surface area contributed by atoms with Gasteiger partial charge in [-0.1, -0.05) is 13.2 Å². The predicted octanol–water partition coefficient (Wildman–Crippen LogP) is 2.83. The number of hydrogen-bond donors (Lipinski definition) is 0. The van der Waals surface area contributed by atoms with E-state index in [1.165, 1.54) is 0 Å². The lowest BCUT2D eigenvalue weighted by molar-refractivity contribution is 0.662. The summed E-state index contributed by atoms with van der Waals surface area (Å²) >= 11 is 2.88. The highest BCUT2D eigenvalue weighted by Crippen LogP contribution is 2.18. The molecule has 0 fully saturated rings. The van der Waals surface area contributed by atoms with E-state index < -0.39 is 5.83 Å². The van der Waals surface area contributed by atoms with E-state index in [9.17, 15) is 4.39 Å². The Morgan fingerprint density at radius 3 is 2.30 bits per heavy atom. The van der Waals surface area contributed by atoms with Gasteiger partial charge in [-0.2, -0.15) is 5.26 Å². The van der Waals surface area contributed by atoms with Crippen LogP contribution in [0.2, 0.25) is 0 Å². The summed E-state index contributed by atoms with van der Waals surface area (Å²) in [5, 5.41) is 8.31. The van der Waals surface area contributed by atoms with Gasteiger partial charge in [0.2, 0.25) is 0 Å². The smallest absolute Gasteiger partial charge is 0.141 e. The molecular weight excluding hydrogens is 197 g/mol. The van der Waals surface area contributed by atoms with Crippen molar-refractivity contribution >= 4 is 15.9 Å². The monoisotopic (exact) mass is 201 g/mol. The summed E-state index contributed by atoms with van der Waals surface area (Å²) in [5.74, 6) is -0.663. The molecule has 1 nitrogen and oxygen atoms in total. The topological polar surface area (TPSA) is 23.8 Å². The van der Waals surface area contributed by atoms with Crippen LogP contribution in [-0.4, -0.2) is 0 Å². The summed E-state index contributed by atoms with van der Waals surface area (Å²) < 4.78 is 12.7. The molecule has 0 atom stereocenters. The van der Waals surface area contributed by atoms with Crippen LogP contribution >= 0.6 is 15.9 Å². The maximum atomic E-state index is 12.5. The van der Waals surface area contributed by atoms with Gasteiger partial charge in [0, 0.05) is 4.48 Å². The first-order valence-electron chi connectivity index (χ1n) is 2.40. The highest BCUT2D eigenvalue weighted by Gasteiger charge is 2.03. The summed E-state index contributed by atoms with van der Waals surface area (Å²) in [7, 11) is 0. The lowest BCUT2D eigenvalue weighted by atomic mass is 10.2. The molecule has 0 aliphatic carbocycles. The summed E-state index contributed by atoms with van der Waals surface area (Å²) in [6.07, 6.45) is 0.963. The molecule has 0 rings (SSSR count). The molecule has 0 aromatic rings. The molecule has 0 aliphatic heterocycles. The van der Waals surface area contributed by atoms with Crippen molar-refractivity contribution in [3.05, 3.63) is 35.1 Å². The third kappa shape index (κ3) is 2.16. The Bertz CT molecular complexity index is 234. The van der Waals surface area contributed by atoms with Crippen molar-refractivity contribution in [3.63, 3.8) is 0 Å². The van der Waals surface area contributed by atoms with E-state index in [0.29, 0.717) is 0 Å². The molecule has 0 aliphatic rings. The fraction of sp³-hybridized carbons (Fsp3) is 0. The van der Waals surface area contributed by atoms with Gasteiger partial charge in [0.25, 0.3) is 0 Å². The Morgan fingerprint density at radius 2 is 2.20 bits per heavy atom. The average Bonchev–Trinajstić information content (AvgIpc) is 1.88. The van der Waals surface area contributed by atoms with E-state index >= 15 is 0 Å². The van der Waals surface area contributed by atoms with Crippen molar-refractivity contribution in [2.24, 2.45) is 0 Å². The van der Waals surface area contributed by atoms with Crippen LogP contribution < -0.4 is 0 Å². The van der Waals surface area contributed by atoms with Gasteiger partial charge in [-0.3, -0.25) is 0 Å². The van der Waals surface area contributed by atoms with Gasteiger partial charge in [-0.25, -0.2) is 4.39 Å². The normalized spacial score (nSPS) is 11.3. The standard InChI is InChI=1S/C7H5BrFN/c1-3-7(9)6(4-10)5(2)8/h3H,1-2H2/b7-6+. The van der Waals surface area contributed by atoms with Gasteiger partial charge < -0.3 is 0 Å². The Morgan fingerprint density at radius 1 is 1.70 bits per heavy atom. The molecule has 0 aromatic carbocycles. The van der Waals surface area contributed by atoms with Crippen molar-refractivity contribution in [2.75, 3.05) is 0 Å². The molecule has 0 saturated carbocycles. The van der Waals surface area contributed by atoms with Crippen molar-refractivity contribution < 1.29 is 4.39 Å². The minimum Gasteiger partial charge on any atom is -0.206 e. The van der Waals surface area contributed by atoms with Gasteiger partial charge in [-0.05, 0) is 22.0 Å². The van der Waals surface area contributed by atoms with Gasteiger partial charge in [0.15, 0.2) is 0 Å². The van der Waals surface area contributed by atoms with Crippen LogP contribution in [0.1, 0.15) is 0 Å². The SMILES string of the molecule is C=C/C(F)=C(/C#N)C(=C)Br. The number of nitriles is 1. The number of hydrogen-bond acceptors (Lipinski definition) is 1. The van der Waals surface area contributed by atoms with E-state index in [4.69, 9.17) is 5.26 Å². The zero-order valence-electron chi connectivity index (χ0n) is 5.19. The fourth-order valence-corrected chi connectivity index (χ4v) is 0.624. The predicted molar refractivity (Wildman–Crippen MR) is 42.0 cm³/mol. The Balaban J connectivity index is 4.86. The average molecular weight is 202 g/mol. The summed E-state index contributed by atoms with van der Waals surface area (Å²) in [4.78, 5) is 0. The van der Waals surface area contributed by atoms with Gasteiger partial charge in [-0.15, -0.1) is 0 Å². The molecule has 0 spiro atoms. The molecule has 0 unspecified atom stereocenters. The van der Waals surface area contributed by atoms with Crippen LogP contribution in [0.5, 0.6) is 0 Å². The molecule has 3 heteroatoms. The van der Waals surface area contributed by atoms with E-state index in [2.05, 4.69) is 29.1 Å². The molecule has 0 bridgehead atoms. The van der Waals surface area contributed by atoms with E-state index in [-0.39, 0.29) is 10.1 Å². The maximum Gasteiger partial charge on any atom is 0.141 e. The molecule has 0 N–H and O–H groups in total. The second-order valence-corrected chi connectivity index (χ2v) is 2.40. The van der Waals surface area contributed by atoms with Gasteiger partial charge >= 0.3 is 0 Å². The van der Waals surface area contributed by atoms with Crippen molar-refractivity contribution in [1.29, 1.82) is 5.26 Å². The van der Waals surface area contributed by atoms with Crippen LogP contribution in [-0.2, 0) is 0 Å². The second kappa shape index (κ2) is 4.02. The summed E-state index contributed by atoms with van der Waals surface area (Å²) in [6.45, 7) is 6.51.